The van der Waals surface area contributed by atoms with E-state index in [2.05, 4.69) is 5.32 Å². The van der Waals surface area contributed by atoms with Crippen molar-refractivity contribution in [2.24, 2.45) is 0 Å². The molecule has 0 heterocycles. The first-order chi connectivity index (χ1) is 9.15. The minimum absolute atomic E-state index is 0.166. The smallest absolute Gasteiger partial charge is 0.409 e. The number of halogens is 5. The first-order valence-corrected chi connectivity index (χ1v) is 5.67. The van der Waals surface area contributed by atoms with Crippen LogP contribution in [0, 0.1) is 0 Å². The van der Waals surface area contributed by atoms with E-state index in [0.717, 1.165) is 12.1 Å². The molecule has 0 radical (unpaired) electrons. The Morgan fingerprint density at radius 3 is 2.30 bits per heavy atom. The quantitative estimate of drug-likeness (QED) is 0.874. The average Bonchev–Trinajstić information content (AvgIpc) is 2.33. The lowest BCUT2D eigenvalue weighted by Gasteiger charge is -2.12. The van der Waals surface area contributed by atoms with Crippen molar-refractivity contribution >= 4 is 40.9 Å². The van der Waals surface area contributed by atoms with E-state index in [9.17, 15) is 22.8 Å². The molecule has 110 valence electrons. The molecule has 20 heavy (non-hydrogen) atoms. The average molecular weight is 331 g/mol. The van der Waals surface area contributed by atoms with Gasteiger partial charge in [-0.1, -0.05) is 23.2 Å². The van der Waals surface area contributed by atoms with Gasteiger partial charge in [0.05, 0.1) is 15.7 Å². The predicted molar refractivity (Wildman–Crippen MR) is 66.2 cm³/mol. The molecule has 0 atom stereocenters. The second-order valence-electron chi connectivity index (χ2n) is 3.35. The number of carbonyl (C=O) groups excluding carboxylic acids is 2. The highest BCUT2D eigenvalue weighted by atomic mass is 35.5. The highest BCUT2D eigenvalue weighted by Crippen LogP contribution is 2.35. The maximum Gasteiger partial charge on any atom is 0.471 e. The molecular formula is C10H7Cl2F3N2O3. The van der Waals surface area contributed by atoms with Crippen LogP contribution in [0.5, 0.6) is 5.75 Å². The Morgan fingerprint density at radius 1 is 1.20 bits per heavy atom. The summed E-state index contributed by atoms with van der Waals surface area (Å²) in [4.78, 5) is 21.8. The summed E-state index contributed by atoms with van der Waals surface area (Å²) in [5.74, 6) is -2.36. The summed E-state index contributed by atoms with van der Waals surface area (Å²) in [6, 6.07) is 1.94. The molecule has 0 unspecified atom stereocenters. The number of carbonyl (C=O) groups is 2. The van der Waals surface area contributed by atoms with E-state index in [1.165, 1.54) is 7.05 Å². The fraction of sp³-hybridized carbons (Fsp3) is 0.200. The number of benzene rings is 1. The van der Waals surface area contributed by atoms with Gasteiger partial charge in [0, 0.05) is 13.1 Å². The molecule has 2 amide bonds. The Kier molecular flexibility index (Phi) is 5.07. The molecule has 0 bridgehead atoms. The van der Waals surface area contributed by atoms with Gasteiger partial charge in [-0.25, -0.2) is 4.79 Å². The molecule has 0 aliphatic rings. The zero-order chi connectivity index (χ0) is 15.5. The minimum atomic E-state index is -5.06. The predicted octanol–water partition coefficient (Wildman–Crippen LogP) is 3.21. The monoisotopic (exact) mass is 330 g/mol. The molecule has 0 aromatic heterocycles. The lowest BCUT2D eigenvalue weighted by Crippen LogP contribution is -2.30. The van der Waals surface area contributed by atoms with E-state index in [1.54, 1.807) is 5.32 Å². The van der Waals surface area contributed by atoms with Gasteiger partial charge in [-0.15, -0.1) is 0 Å². The van der Waals surface area contributed by atoms with Gasteiger partial charge in [0.15, 0.2) is 5.75 Å². The lowest BCUT2D eigenvalue weighted by atomic mass is 10.3. The molecule has 1 aromatic carbocycles. The highest BCUT2D eigenvalue weighted by Gasteiger charge is 2.39. The maximum atomic E-state index is 12.1. The van der Waals surface area contributed by atoms with Crippen molar-refractivity contribution in [2.75, 3.05) is 12.4 Å². The number of hydrogen-bond acceptors (Lipinski definition) is 3. The third kappa shape index (κ3) is 4.17. The second kappa shape index (κ2) is 6.19. The molecule has 2 N–H and O–H groups in total. The molecule has 5 nitrogen and oxygen atoms in total. The van der Waals surface area contributed by atoms with E-state index in [1.807, 2.05) is 0 Å². The first kappa shape index (κ1) is 16.4. The van der Waals surface area contributed by atoms with Crippen LogP contribution in [-0.2, 0) is 4.79 Å². The third-order valence-electron chi connectivity index (χ3n) is 1.93. The van der Waals surface area contributed by atoms with Crippen LogP contribution < -0.4 is 15.4 Å². The summed E-state index contributed by atoms with van der Waals surface area (Å²) in [6.45, 7) is 0. The molecule has 1 aromatic rings. The number of anilines is 1. The number of amides is 2. The number of hydrogen-bond donors (Lipinski definition) is 2. The van der Waals surface area contributed by atoms with Gasteiger partial charge in [-0.3, -0.25) is 4.79 Å². The van der Waals surface area contributed by atoms with Crippen molar-refractivity contribution < 1.29 is 27.5 Å². The van der Waals surface area contributed by atoms with Gasteiger partial charge in [0.2, 0.25) is 0 Å². The Hall–Kier alpha value is -1.67. The van der Waals surface area contributed by atoms with Crippen molar-refractivity contribution in [3.05, 3.63) is 22.2 Å². The van der Waals surface area contributed by atoms with E-state index in [0.29, 0.717) is 0 Å². The van der Waals surface area contributed by atoms with Crippen LogP contribution in [0.25, 0.3) is 0 Å². The van der Waals surface area contributed by atoms with Crippen molar-refractivity contribution in [1.29, 1.82) is 0 Å². The molecule has 0 spiro atoms. The Balaban J connectivity index is 3.00. The third-order valence-corrected chi connectivity index (χ3v) is 2.54. The number of rotatable bonds is 2. The van der Waals surface area contributed by atoms with Crippen LogP contribution in [0.3, 0.4) is 0 Å². The summed E-state index contributed by atoms with van der Waals surface area (Å²) >= 11 is 11.4. The standard InChI is InChI=1S/C10H7Cl2F3N2O3/c1-16-9(19)20-7-3-4(11)6(2-5(7)12)17-8(18)10(13,14)15/h2-3H,1H3,(H,16,19)(H,17,18). The Bertz CT molecular complexity index is 549. The Morgan fingerprint density at radius 2 is 1.80 bits per heavy atom. The van der Waals surface area contributed by atoms with Crippen molar-refractivity contribution in [3.63, 3.8) is 0 Å². The summed E-state index contributed by atoms with van der Waals surface area (Å²) in [7, 11) is 1.30. The van der Waals surface area contributed by atoms with Crippen molar-refractivity contribution in [3.8, 4) is 5.75 Å². The van der Waals surface area contributed by atoms with Crippen LogP contribution in [0.15, 0.2) is 12.1 Å². The molecule has 0 saturated carbocycles. The minimum Gasteiger partial charge on any atom is -0.409 e. The van der Waals surface area contributed by atoms with Gasteiger partial charge in [0.1, 0.15) is 0 Å². The summed E-state index contributed by atoms with van der Waals surface area (Å²) in [5, 5.41) is 3.22. The lowest BCUT2D eigenvalue weighted by molar-refractivity contribution is -0.167. The molecule has 0 saturated heterocycles. The molecule has 1 rings (SSSR count). The van der Waals surface area contributed by atoms with Crippen LogP contribution in [0.1, 0.15) is 0 Å². The van der Waals surface area contributed by atoms with Gasteiger partial charge in [-0.2, -0.15) is 13.2 Å². The van der Waals surface area contributed by atoms with Gasteiger partial charge >= 0.3 is 18.2 Å². The number of nitrogens with one attached hydrogen (secondary N) is 2. The normalized spacial score (nSPS) is 10.9. The zero-order valence-electron chi connectivity index (χ0n) is 9.77. The second-order valence-corrected chi connectivity index (χ2v) is 4.17. The maximum absolute atomic E-state index is 12.1. The van der Waals surface area contributed by atoms with E-state index >= 15 is 0 Å². The SMILES string of the molecule is CNC(=O)Oc1cc(Cl)c(NC(=O)C(F)(F)F)cc1Cl. The first-order valence-electron chi connectivity index (χ1n) is 4.92. The van der Waals surface area contributed by atoms with Crippen LogP contribution in [-0.4, -0.2) is 25.2 Å². The molecule has 0 aliphatic heterocycles. The van der Waals surface area contributed by atoms with Crippen molar-refractivity contribution in [2.45, 2.75) is 6.18 Å². The zero-order valence-corrected chi connectivity index (χ0v) is 11.3. The molecular weight excluding hydrogens is 324 g/mol. The highest BCUT2D eigenvalue weighted by molar-refractivity contribution is 6.36. The summed E-state index contributed by atoms with van der Waals surface area (Å²) < 4.78 is 41.0. The van der Waals surface area contributed by atoms with Gasteiger partial charge in [-0.05, 0) is 6.07 Å². The number of alkyl halides is 3. The van der Waals surface area contributed by atoms with Crippen LogP contribution in [0.4, 0.5) is 23.7 Å². The molecule has 0 aliphatic carbocycles. The van der Waals surface area contributed by atoms with Crippen LogP contribution in [0.2, 0.25) is 10.0 Å². The summed E-state index contributed by atoms with van der Waals surface area (Å²) in [5.41, 5.74) is -0.358. The molecule has 10 heteroatoms. The number of ether oxygens (including phenoxy) is 1. The summed E-state index contributed by atoms with van der Waals surface area (Å²) in [6.07, 6.45) is -5.90. The topological polar surface area (TPSA) is 67.4 Å². The van der Waals surface area contributed by atoms with Gasteiger partial charge < -0.3 is 15.4 Å². The van der Waals surface area contributed by atoms with E-state index < -0.39 is 18.2 Å². The van der Waals surface area contributed by atoms with E-state index in [4.69, 9.17) is 27.9 Å². The largest absolute Gasteiger partial charge is 0.471 e. The van der Waals surface area contributed by atoms with E-state index in [-0.39, 0.29) is 21.5 Å². The van der Waals surface area contributed by atoms with Gasteiger partial charge in [0.25, 0.3) is 0 Å². The fourth-order valence-electron chi connectivity index (χ4n) is 1.05. The van der Waals surface area contributed by atoms with Crippen molar-refractivity contribution in [1.82, 2.24) is 5.32 Å². The van der Waals surface area contributed by atoms with Crippen LogP contribution >= 0.6 is 23.2 Å². The fourth-order valence-corrected chi connectivity index (χ4v) is 1.45. The molecule has 0 fully saturated rings. The Labute approximate surface area is 121 Å².